The van der Waals surface area contributed by atoms with Crippen LogP contribution in [0.1, 0.15) is 6.92 Å². The van der Waals surface area contributed by atoms with E-state index in [2.05, 4.69) is 5.32 Å². The smallest absolute Gasteiger partial charge is 0.217 e. The van der Waals surface area contributed by atoms with Crippen molar-refractivity contribution in [1.29, 1.82) is 0 Å². The lowest BCUT2D eigenvalue weighted by Gasteiger charge is -2.50. The fraction of sp³-hybridized carbons (Fsp3) is 0.962. The van der Waals surface area contributed by atoms with Crippen molar-refractivity contribution in [3.05, 3.63) is 0 Å². The van der Waals surface area contributed by atoms with Gasteiger partial charge in [-0.3, -0.25) is 4.79 Å². The first kappa shape index (κ1) is 39.5. The van der Waals surface area contributed by atoms with Crippen LogP contribution in [0.4, 0.5) is 0 Å². The van der Waals surface area contributed by atoms with Gasteiger partial charge in [0.05, 0.1) is 26.4 Å². The van der Waals surface area contributed by atoms with E-state index < -0.39 is 155 Å². The molecule has 4 fully saturated rings. The monoisotopic (exact) mass is 707 g/mol. The topological polar surface area (TPSA) is 357 Å². The molecule has 4 heterocycles. The molecule has 4 rings (SSSR count). The van der Waals surface area contributed by atoms with Gasteiger partial charge in [-0.25, -0.2) is 0 Å². The molecule has 0 saturated carbocycles. The lowest BCUT2D eigenvalue weighted by Crippen LogP contribution is -2.70. The van der Waals surface area contributed by atoms with Gasteiger partial charge in [0.15, 0.2) is 25.2 Å². The third-order valence-electron chi connectivity index (χ3n) is 8.61. The normalized spacial score (nSPS) is 50.2. The van der Waals surface area contributed by atoms with Crippen LogP contribution in [0, 0.1) is 0 Å². The standard InChI is InChI=1S/C26H45NO21/c1-6(32)27-11-21(47-25-18(39)15(36)12(33)7(2-28)44-25)13(34)8(3-29)43-24(11)48-22-14(35)9(4-30)45-26(19(22)40)46-20-10(5-31)42-23(41)17(38)16(20)37/h7-26,28-31,33-41H,2-5H2,1H3,(H,27,32)/t7?,8?,9?,10?,11-,12-,13+,14-,15-,16?,17-,18?,19-,20+,21?,22?,23?,24-,25-,26-/m0/s1. The Hall–Kier alpha value is -1.33. The summed E-state index contributed by atoms with van der Waals surface area (Å²) in [6, 6.07) is -1.61. The van der Waals surface area contributed by atoms with Gasteiger partial charge in [0.1, 0.15) is 97.6 Å². The number of hydrogen-bond donors (Lipinski definition) is 14. The van der Waals surface area contributed by atoms with Crippen molar-refractivity contribution < 1.29 is 104 Å². The van der Waals surface area contributed by atoms with Crippen molar-refractivity contribution in [2.45, 2.75) is 130 Å². The van der Waals surface area contributed by atoms with Crippen LogP contribution in [0.5, 0.6) is 0 Å². The summed E-state index contributed by atoms with van der Waals surface area (Å²) in [4.78, 5) is 12.3. The summed E-state index contributed by atoms with van der Waals surface area (Å²) in [5.41, 5.74) is 0. The fourth-order valence-electron chi connectivity index (χ4n) is 5.94. The van der Waals surface area contributed by atoms with E-state index in [1.807, 2.05) is 0 Å². The first-order valence-electron chi connectivity index (χ1n) is 15.1. The Balaban J connectivity index is 1.61. The van der Waals surface area contributed by atoms with Gasteiger partial charge >= 0.3 is 0 Å². The third-order valence-corrected chi connectivity index (χ3v) is 8.61. The van der Waals surface area contributed by atoms with Gasteiger partial charge in [-0.15, -0.1) is 0 Å². The first-order chi connectivity index (χ1) is 22.7. The minimum Gasteiger partial charge on any atom is -0.394 e. The summed E-state index contributed by atoms with van der Waals surface area (Å²) in [5.74, 6) is -0.765. The molecule has 0 aromatic heterocycles. The van der Waals surface area contributed by atoms with Gasteiger partial charge in [0.2, 0.25) is 5.91 Å². The molecular weight excluding hydrogens is 662 g/mol. The number of carbonyl (C=O) groups is 1. The maximum atomic E-state index is 12.3. The third kappa shape index (κ3) is 8.08. The summed E-state index contributed by atoms with van der Waals surface area (Å²) in [6.45, 7) is -2.41. The Labute approximate surface area is 272 Å². The minimum atomic E-state index is -2.04. The molecule has 0 aromatic carbocycles. The summed E-state index contributed by atoms with van der Waals surface area (Å²) >= 11 is 0. The van der Waals surface area contributed by atoms with Crippen LogP contribution >= 0.6 is 0 Å². The van der Waals surface area contributed by atoms with Gasteiger partial charge in [0, 0.05) is 6.92 Å². The van der Waals surface area contributed by atoms with Crippen LogP contribution in [0.3, 0.4) is 0 Å². The molecule has 14 N–H and O–H groups in total. The van der Waals surface area contributed by atoms with Crippen molar-refractivity contribution in [2.75, 3.05) is 26.4 Å². The Bertz CT molecular complexity index is 1030. The predicted octanol–water partition coefficient (Wildman–Crippen LogP) is -9.61. The van der Waals surface area contributed by atoms with E-state index in [1.165, 1.54) is 0 Å². The number of hydrogen-bond acceptors (Lipinski definition) is 21. The fourth-order valence-corrected chi connectivity index (χ4v) is 5.94. The number of carbonyl (C=O) groups excluding carboxylic acids is 1. The molecule has 4 aliphatic rings. The second-order valence-corrected chi connectivity index (χ2v) is 11.9. The molecule has 48 heavy (non-hydrogen) atoms. The summed E-state index contributed by atoms with van der Waals surface area (Å²) in [6.07, 6.45) is -33.8. The molecule has 0 bridgehead atoms. The van der Waals surface area contributed by atoms with Gasteiger partial charge in [-0.2, -0.15) is 0 Å². The average molecular weight is 708 g/mol. The molecule has 0 aliphatic carbocycles. The van der Waals surface area contributed by atoms with Crippen LogP contribution in [-0.2, 0) is 38.0 Å². The molecule has 0 aromatic rings. The number of aliphatic hydroxyl groups excluding tert-OH is 13. The van der Waals surface area contributed by atoms with E-state index in [9.17, 15) is 71.2 Å². The molecule has 0 radical (unpaired) electrons. The van der Waals surface area contributed by atoms with Crippen molar-refractivity contribution >= 4 is 5.91 Å². The van der Waals surface area contributed by atoms with Gasteiger partial charge in [-0.1, -0.05) is 0 Å². The van der Waals surface area contributed by atoms with E-state index in [0.29, 0.717) is 0 Å². The minimum absolute atomic E-state index is 0.765. The zero-order valence-corrected chi connectivity index (χ0v) is 25.5. The van der Waals surface area contributed by atoms with Gasteiger partial charge < -0.3 is 105 Å². The Morgan fingerprint density at radius 1 is 0.500 bits per heavy atom. The highest BCUT2D eigenvalue weighted by molar-refractivity contribution is 5.73. The van der Waals surface area contributed by atoms with E-state index in [4.69, 9.17) is 33.2 Å². The zero-order chi connectivity index (χ0) is 35.6. The van der Waals surface area contributed by atoms with E-state index in [1.54, 1.807) is 0 Å². The number of amides is 1. The lowest BCUT2D eigenvalue weighted by atomic mass is 9.94. The highest BCUT2D eigenvalue weighted by Gasteiger charge is 2.55. The van der Waals surface area contributed by atoms with Crippen LogP contribution in [0.25, 0.3) is 0 Å². The SMILES string of the molecule is CC(=O)N[C@H]1C(O[C@@H]2OC(CO)[C@H](O)[C@H](O)C2O)[C@H](O)C(CO)O[C@H]1OC1[C@@H](O)C(CO)O[C@@H](O[C@@H]2C(CO)OC(O)[C@@H](O)C2O)[C@H]1O. The maximum absolute atomic E-state index is 12.3. The summed E-state index contributed by atoms with van der Waals surface area (Å²) in [5, 5.41) is 136. The first-order valence-corrected chi connectivity index (χ1v) is 15.1. The molecule has 280 valence electrons. The van der Waals surface area contributed by atoms with Crippen molar-refractivity contribution in [3.63, 3.8) is 0 Å². The van der Waals surface area contributed by atoms with E-state index in [0.717, 1.165) is 6.92 Å². The van der Waals surface area contributed by atoms with Crippen molar-refractivity contribution in [3.8, 4) is 0 Å². The molecular formula is C26H45NO21. The highest BCUT2D eigenvalue weighted by atomic mass is 16.8. The van der Waals surface area contributed by atoms with Crippen LogP contribution < -0.4 is 5.32 Å². The zero-order valence-electron chi connectivity index (χ0n) is 25.5. The summed E-state index contributed by atoms with van der Waals surface area (Å²) < 4.78 is 38.7. The molecule has 1 amide bonds. The van der Waals surface area contributed by atoms with E-state index >= 15 is 0 Å². The number of aliphatic hydroxyl groups is 13. The number of rotatable bonds is 11. The highest BCUT2D eigenvalue weighted by Crippen LogP contribution is 2.34. The summed E-state index contributed by atoms with van der Waals surface area (Å²) in [7, 11) is 0. The second kappa shape index (κ2) is 16.8. The number of ether oxygens (including phenoxy) is 7. The van der Waals surface area contributed by atoms with Gasteiger partial charge in [-0.05, 0) is 0 Å². The van der Waals surface area contributed by atoms with Crippen LogP contribution in [-0.4, -0.2) is 221 Å². The average Bonchev–Trinajstić information content (AvgIpc) is 3.06. The number of nitrogens with one attached hydrogen (secondary N) is 1. The molecule has 20 atom stereocenters. The van der Waals surface area contributed by atoms with Crippen LogP contribution in [0.2, 0.25) is 0 Å². The molecule has 9 unspecified atom stereocenters. The molecule has 0 spiro atoms. The van der Waals surface area contributed by atoms with Crippen molar-refractivity contribution in [2.24, 2.45) is 0 Å². The molecule has 22 heteroatoms. The predicted molar refractivity (Wildman–Crippen MR) is 145 cm³/mol. The largest absolute Gasteiger partial charge is 0.394 e. The van der Waals surface area contributed by atoms with Crippen LogP contribution in [0.15, 0.2) is 0 Å². The van der Waals surface area contributed by atoms with Crippen molar-refractivity contribution in [1.82, 2.24) is 5.32 Å². The maximum Gasteiger partial charge on any atom is 0.217 e. The molecule has 4 aliphatic heterocycles. The Morgan fingerprint density at radius 3 is 1.50 bits per heavy atom. The second-order valence-electron chi connectivity index (χ2n) is 11.9. The lowest BCUT2D eigenvalue weighted by molar-refractivity contribution is -0.379. The van der Waals surface area contributed by atoms with E-state index in [-0.39, 0.29) is 0 Å². The van der Waals surface area contributed by atoms with Gasteiger partial charge in [0.25, 0.3) is 0 Å². The molecule has 4 saturated heterocycles. The quantitative estimate of drug-likeness (QED) is 0.0947. The molecule has 22 nitrogen and oxygen atoms in total. The Morgan fingerprint density at radius 2 is 0.958 bits per heavy atom. The Kier molecular flexibility index (Phi) is 13.8.